The van der Waals surface area contributed by atoms with Crippen molar-refractivity contribution in [2.75, 3.05) is 11.1 Å². The minimum absolute atomic E-state index is 0.196. The monoisotopic (exact) mass is 293 g/mol. The second kappa shape index (κ2) is 5.73. The van der Waals surface area contributed by atoms with Crippen molar-refractivity contribution in [3.8, 4) is 11.1 Å². The summed E-state index contributed by atoms with van der Waals surface area (Å²) >= 11 is 0. The van der Waals surface area contributed by atoms with E-state index in [9.17, 15) is 4.79 Å². The van der Waals surface area contributed by atoms with Crippen molar-refractivity contribution in [1.82, 2.24) is 4.98 Å². The molecule has 0 spiro atoms. The summed E-state index contributed by atoms with van der Waals surface area (Å²) in [6.07, 6.45) is 3.17. The Morgan fingerprint density at radius 3 is 2.64 bits per heavy atom. The van der Waals surface area contributed by atoms with Crippen LogP contribution in [-0.4, -0.2) is 10.9 Å². The van der Waals surface area contributed by atoms with Gasteiger partial charge in [-0.2, -0.15) is 0 Å². The first kappa shape index (κ1) is 13.9. The van der Waals surface area contributed by atoms with Gasteiger partial charge in [-0.25, -0.2) is 4.98 Å². The standard InChI is InChI=1S/C17H15N3O2/c1-11-13(12-6-3-2-4-7-12)10-19-16(18)15(11)17(21)20-14-8-5-9-22-14/h2-10H,1H3,(H2,18,19)(H,20,21). The molecule has 0 unspecified atom stereocenters. The molecule has 0 fully saturated rings. The highest BCUT2D eigenvalue weighted by Gasteiger charge is 2.18. The molecule has 2 aromatic heterocycles. The van der Waals surface area contributed by atoms with Gasteiger partial charge in [-0.05, 0) is 24.1 Å². The summed E-state index contributed by atoms with van der Waals surface area (Å²) in [5.74, 6) is 0.227. The quantitative estimate of drug-likeness (QED) is 0.774. The first-order valence-corrected chi connectivity index (χ1v) is 6.82. The van der Waals surface area contributed by atoms with Crippen LogP contribution in [0.4, 0.5) is 11.7 Å². The van der Waals surface area contributed by atoms with Crippen LogP contribution in [-0.2, 0) is 0 Å². The van der Waals surface area contributed by atoms with Crippen molar-refractivity contribution in [2.24, 2.45) is 0 Å². The number of carbonyl (C=O) groups is 1. The summed E-state index contributed by atoms with van der Waals surface area (Å²) in [7, 11) is 0. The molecule has 5 nitrogen and oxygen atoms in total. The number of carbonyl (C=O) groups excluding carboxylic acids is 1. The van der Waals surface area contributed by atoms with Crippen LogP contribution in [0.1, 0.15) is 15.9 Å². The zero-order chi connectivity index (χ0) is 15.5. The predicted octanol–water partition coefficient (Wildman–Crippen LogP) is 3.48. The maximum absolute atomic E-state index is 12.4. The van der Waals surface area contributed by atoms with Gasteiger partial charge in [0.2, 0.25) is 0 Å². The Morgan fingerprint density at radius 2 is 1.95 bits per heavy atom. The molecule has 0 atom stereocenters. The first-order chi connectivity index (χ1) is 10.7. The number of hydrogen-bond acceptors (Lipinski definition) is 4. The van der Waals surface area contributed by atoms with Gasteiger partial charge in [0.15, 0.2) is 5.88 Å². The number of nitrogens with one attached hydrogen (secondary N) is 1. The van der Waals surface area contributed by atoms with E-state index in [1.54, 1.807) is 18.3 Å². The molecule has 0 aliphatic rings. The number of furan rings is 1. The predicted molar refractivity (Wildman–Crippen MR) is 85.5 cm³/mol. The molecule has 0 aliphatic carbocycles. The SMILES string of the molecule is Cc1c(-c2ccccc2)cnc(N)c1C(=O)Nc1ccco1. The highest BCUT2D eigenvalue weighted by molar-refractivity contribution is 6.08. The van der Waals surface area contributed by atoms with Crippen molar-refractivity contribution in [3.63, 3.8) is 0 Å². The zero-order valence-corrected chi connectivity index (χ0v) is 12.0. The second-order valence-electron chi connectivity index (χ2n) is 4.85. The summed E-state index contributed by atoms with van der Waals surface area (Å²) in [5, 5.41) is 2.67. The van der Waals surface area contributed by atoms with Gasteiger partial charge in [0.1, 0.15) is 5.82 Å². The Hall–Kier alpha value is -3.08. The van der Waals surface area contributed by atoms with E-state index < -0.39 is 0 Å². The number of benzene rings is 1. The van der Waals surface area contributed by atoms with Crippen LogP contribution < -0.4 is 11.1 Å². The smallest absolute Gasteiger partial charge is 0.262 e. The van der Waals surface area contributed by atoms with Crippen LogP contribution in [0.3, 0.4) is 0 Å². The third kappa shape index (κ3) is 2.56. The summed E-state index contributed by atoms with van der Waals surface area (Å²) in [5.41, 5.74) is 8.90. The molecular weight excluding hydrogens is 278 g/mol. The van der Waals surface area contributed by atoms with E-state index in [1.807, 2.05) is 37.3 Å². The lowest BCUT2D eigenvalue weighted by atomic mass is 9.98. The maximum atomic E-state index is 12.4. The molecular formula is C17H15N3O2. The summed E-state index contributed by atoms with van der Waals surface area (Å²) in [4.78, 5) is 16.6. The van der Waals surface area contributed by atoms with Crippen LogP contribution in [0, 0.1) is 6.92 Å². The van der Waals surface area contributed by atoms with Crippen LogP contribution in [0.5, 0.6) is 0 Å². The van der Waals surface area contributed by atoms with Crippen molar-refractivity contribution in [2.45, 2.75) is 6.92 Å². The largest absolute Gasteiger partial charge is 0.449 e. The number of pyridine rings is 1. The minimum atomic E-state index is -0.338. The molecule has 1 aromatic carbocycles. The number of nitrogens with two attached hydrogens (primary N) is 1. The average Bonchev–Trinajstić information content (AvgIpc) is 3.01. The van der Waals surface area contributed by atoms with E-state index in [-0.39, 0.29) is 11.7 Å². The lowest BCUT2D eigenvalue weighted by molar-refractivity contribution is 0.102. The maximum Gasteiger partial charge on any atom is 0.262 e. The fraction of sp³-hybridized carbons (Fsp3) is 0.0588. The molecule has 1 amide bonds. The van der Waals surface area contributed by atoms with E-state index in [0.717, 1.165) is 16.7 Å². The van der Waals surface area contributed by atoms with Crippen LogP contribution in [0.25, 0.3) is 11.1 Å². The third-order valence-electron chi connectivity index (χ3n) is 3.44. The van der Waals surface area contributed by atoms with Gasteiger partial charge in [-0.3, -0.25) is 10.1 Å². The lowest BCUT2D eigenvalue weighted by Crippen LogP contribution is -2.16. The van der Waals surface area contributed by atoms with E-state index in [2.05, 4.69) is 10.3 Å². The fourth-order valence-corrected chi connectivity index (χ4v) is 2.34. The van der Waals surface area contributed by atoms with Gasteiger partial charge < -0.3 is 10.2 Å². The van der Waals surface area contributed by atoms with Crippen molar-refractivity contribution in [1.29, 1.82) is 0 Å². The van der Waals surface area contributed by atoms with E-state index in [0.29, 0.717) is 11.4 Å². The Bertz CT molecular complexity index is 796. The molecule has 3 rings (SSSR count). The Morgan fingerprint density at radius 1 is 1.18 bits per heavy atom. The molecule has 5 heteroatoms. The summed E-state index contributed by atoms with van der Waals surface area (Å²) < 4.78 is 5.13. The molecule has 0 aliphatic heterocycles. The molecule has 110 valence electrons. The normalized spacial score (nSPS) is 10.4. The number of nitrogens with zero attached hydrogens (tertiary/aromatic N) is 1. The number of anilines is 2. The molecule has 0 bridgehead atoms. The Kier molecular flexibility index (Phi) is 3.62. The lowest BCUT2D eigenvalue weighted by Gasteiger charge is -2.12. The van der Waals surface area contributed by atoms with Crippen molar-refractivity contribution in [3.05, 3.63) is 66.1 Å². The van der Waals surface area contributed by atoms with Gasteiger partial charge in [0.05, 0.1) is 11.8 Å². The average molecular weight is 293 g/mol. The summed E-state index contributed by atoms with van der Waals surface area (Å²) in [6.45, 7) is 1.86. The molecule has 0 radical (unpaired) electrons. The van der Waals surface area contributed by atoms with Crippen molar-refractivity contribution < 1.29 is 9.21 Å². The van der Waals surface area contributed by atoms with E-state index in [1.165, 1.54) is 6.26 Å². The Balaban J connectivity index is 2.02. The second-order valence-corrected chi connectivity index (χ2v) is 4.85. The topological polar surface area (TPSA) is 81.1 Å². The van der Waals surface area contributed by atoms with Crippen molar-refractivity contribution >= 4 is 17.6 Å². The molecule has 0 saturated heterocycles. The highest BCUT2D eigenvalue weighted by Crippen LogP contribution is 2.28. The Labute approximate surface area is 127 Å². The van der Waals surface area contributed by atoms with Crippen LogP contribution in [0.2, 0.25) is 0 Å². The number of amides is 1. The highest BCUT2D eigenvalue weighted by atomic mass is 16.3. The van der Waals surface area contributed by atoms with Crippen LogP contribution >= 0.6 is 0 Å². The van der Waals surface area contributed by atoms with E-state index >= 15 is 0 Å². The number of rotatable bonds is 3. The molecule has 2 heterocycles. The fourth-order valence-electron chi connectivity index (χ4n) is 2.34. The third-order valence-corrected chi connectivity index (χ3v) is 3.44. The molecule has 0 saturated carbocycles. The van der Waals surface area contributed by atoms with E-state index in [4.69, 9.17) is 10.2 Å². The minimum Gasteiger partial charge on any atom is -0.449 e. The van der Waals surface area contributed by atoms with Gasteiger partial charge in [0.25, 0.3) is 5.91 Å². The van der Waals surface area contributed by atoms with Gasteiger partial charge in [0, 0.05) is 17.8 Å². The molecule has 3 N–H and O–H groups in total. The van der Waals surface area contributed by atoms with Gasteiger partial charge in [-0.1, -0.05) is 30.3 Å². The van der Waals surface area contributed by atoms with Gasteiger partial charge >= 0.3 is 0 Å². The number of hydrogen-bond donors (Lipinski definition) is 2. The number of nitrogen functional groups attached to an aromatic ring is 1. The first-order valence-electron chi connectivity index (χ1n) is 6.82. The van der Waals surface area contributed by atoms with Crippen LogP contribution in [0.15, 0.2) is 59.3 Å². The zero-order valence-electron chi connectivity index (χ0n) is 12.0. The molecule has 3 aromatic rings. The molecule has 22 heavy (non-hydrogen) atoms. The summed E-state index contributed by atoms with van der Waals surface area (Å²) in [6, 6.07) is 13.1. The van der Waals surface area contributed by atoms with Gasteiger partial charge in [-0.15, -0.1) is 0 Å². The number of aromatic nitrogens is 1.